The number of unbranched alkanes of at least 4 members (excludes halogenated alkanes) is 2. The van der Waals surface area contributed by atoms with Gasteiger partial charge in [-0.3, -0.25) is 38.7 Å². The van der Waals surface area contributed by atoms with Gasteiger partial charge in [-0.2, -0.15) is 4.98 Å². The number of carbonyl (C=O) groups is 7. The van der Waals surface area contributed by atoms with E-state index in [-0.39, 0.29) is 105 Å². The van der Waals surface area contributed by atoms with Crippen molar-refractivity contribution in [1.29, 1.82) is 0 Å². The van der Waals surface area contributed by atoms with E-state index in [1.54, 1.807) is 24.3 Å². The van der Waals surface area contributed by atoms with Crippen LogP contribution in [0.4, 0.5) is 16.6 Å². The SMILES string of the molecule is NC(N)=NCCC[C@H](NC(=O)CCCCCNC(=O)CN(CCNC(=O)CN(CCNC(=O)OCc1ccccc1)C(=O)Cn1cnc2c(=O)[nH]c(N)nc21)C(=O)Cn1cnc2c(N)ncnc21)C(=O)O. The van der Waals surface area contributed by atoms with Gasteiger partial charge in [-0.25, -0.2) is 29.5 Å². The van der Waals surface area contributed by atoms with Gasteiger partial charge in [0.25, 0.3) is 5.56 Å². The molecule has 0 aliphatic heterocycles. The summed E-state index contributed by atoms with van der Waals surface area (Å²) in [7, 11) is 0. The standard InChI is InChI=1S/C42H57N19O10/c43-35-33-36(52-23-51-35)60(24-53-33)20-31(65)58(18-29(63)47-12-6-2-5-11-28(62)55-27(39(68)69)10-7-13-49-40(44)45)16-14-48-30(64)19-59(17-15-50-42(70)71-22-26-8-3-1-4-9-26)32(66)21-61-25-54-34-37(61)56-41(46)57-38(34)67/h1,3-4,8-9,23-25,27H,2,5-7,10-22H2,(H,47,63)(H,48,64)(H,50,70)(H,55,62)(H,68,69)(H2,43,51,52)(H4,44,45,49)(H3,46,56,57,67)/t27-/m0/s1. The Balaban J connectivity index is 1.16. The summed E-state index contributed by atoms with van der Waals surface area (Å²) < 4.78 is 7.97. The Bertz CT molecular complexity index is 2740. The quantitative estimate of drug-likeness (QED) is 0.0137. The maximum atomic E-state index is 13.8. The van der Waals surface area contributed by atoms with Gasteiger partial charge in [0, 0.05) is 45.7 Å². The minimum Gasteiger partial charge on any atom is -0.480 e. The summed E-state index contributed by atoms with van der Waals surface area (Å²) in [5, 5.41) is 19.9. The minimum atomic E-state index is -1.18. The number of nitrogens with two attached hydrogens (primary N) is 4. The number of H-pyrrole nitrogens is 1. The Morgan fingerprint density at radius 1 is 0.761 bits per heavy atom. The third-order valence-corrected chi connectivity index (χ3v) is 10.5. The molecule has 0 spiro atoms. The van der Waals surface area contributed by atoms with Crippen LogP contribution in [0.25, 0.3) is 22.3 Å². The van der Waals surface area contributed by atoms with Crippen molar-refractivity contribution in [3.05, 3.63) is 65.2 Å². The number of nitrogens with one attached hydrogen (secondary N) is 5. The van der Waals surface area contributed by atoms with Gasteiger partial charge < -0.3 is 73.0 Å². The first-order valence-corrected chi connectivity index (χ1v) is 22.3. The lowest BCUT2D eigenvalue weighted by Gasteiger charge is -2.24. The number of imidazole rings is 2. The van der Waals surface area contributed by atoms with Crippen LogP contribution in [0.2, 0.25) is 0 Å². The Kier molecular flexibility index (Phi) is 19.9. The summed E-state index contributed by atoms with van der Waals surface area (Å²) in [6, 6.07) is 7.87. The topological polar surface area (TPSA) is 427 Å². The molecule has 0 aliphatic carbocycles. The van der Waals surface area contributed by atoms with E-state index in [1.807, 2.05) is 6.07 Å². The number of hydrogen-bond donors (Lipinski definition) is 10. The maximum absolute atomic E-state index is 13.8. The van der Waals surface area contributed by atoms with Crippen molar-refractivity contribution in [2.75, 3.05) is 63.8 Å². The summed E-state index contributed by atoms with van der Waals surface area (Å²) in [6.07, 6.45) is 4.96. The largest absolute Gasteiger partial charge is 0.480 e. The van der Waals surface area contributed by atoms with Crippen molar-refractivity contribution in [2.45, 2.75) is 64.3 Å². The van der Waals surface area contributed by atoms with Crippen LogP contribution in [-0.2, 0) is 53.2 Å². The zero-order valence-electron chi connectivity index (χ0n) is 38.6. The lowest BCUT2D eigenvalue weighted by atomic mass is 10.1. The van der Waals surface area contributed by atoms with E-state index in [0.717, 1.165) is 10.5 Å². The molecule has 29 heteroatoms. The Morgan fingerprint density at radius 2 is 1.39 bits per heavy atom. The normalized spacial score (nSPS) is 11.3. The summed E-state index contributed by atoms with van der Waals surface area (Å²) in [4.78, 5) is 132. The third-order valence-electron chi connectivity index (χ3n) is 10.5. The summed E-state index contributed by atoms with van der Waals surface area (Å²) >= 11 is 0. The fraction of sp³-hybridized carbons (Fsp3) is 0.429. The van der Waals surface area contributed by atoms with E-state index in [4.69, 9.17) is 27.7 Å². The number of alkyl carbamates (subject to hydrolysis) is 1. The van der Waals surface area contributed by atoms with Gasteiger partial charge in [0.05, 0.1) is 25.7 Å². The number of carboxylic acid groups (broad SMARTS) is 1. The Hall–Kier alpha value is -8.92. The van der Waals surface area contributed by atoms with Crippen molar-refractivity contribution in [3.8, 4) is 0 Å². The molecule has 0 unspecified atom stereocenters. The number of amides is 6. The Labute approximate surface area is 404 Å². The highest BCUT2D eigenvalue weighted by Gasteiger charge is 2.23. The maximum Gasteiger partial charge on any atom is 0.407 e. The number of aromatic nitrogens is 8. The van der Waals surface area contributed by atoms with Gasteiger partial charge in [0.2, 0.25) is 35.5 Å². The molecule has 71 heavy (non-hydrogen) atoms. The van der Waals surface area contributed by atoms with Crippen molar-refractivity contribution in [1.82, 2.24) is 70.1 Å². The van der Waals surface area contributed by atoms with Gasteiger partial charge in [0.15, 0.2) is 28.6 Å². The number of nitrogens with zero attached hydrogens (tertiary/aromatic N) is 10. The second kappa shape index (κ2) is 26.6. The van der Waals surface area contributed by atoms with Crippen molar-refractivity contribution >= 4 is 81.7 Å². The van der Waals surface area contributed by atoms with E-state index < -0.39 is 72.8 Å². The number of aliphatic carboxylic acids is 1. The van der Waals surface area contributed by atoms with Crippen molar-refractivity contribution in [2.24, 2.45) is 16.5 Å². The molecule has 0 fully saturated rings. The summed E-state index contributed by atoms with van der Waals surface area (Å²) in [6.45, 7) is -1.85. The van der Waals surface area contributed by atoms with Gasteiger partial charge in [-0.15, -0.1) is 0 Å². The van der Waals surface area contributed by atoms with E-state index in [2.05, 4.69) is 56.2 Å². The molecule has 380 valence electrons. The lowest BCUT2D eigenvalue weighted by molar-refractivity contribution is -0.142. The van der Waals surface area contributed by atoms with Crippen LogP contribution in [-0.4, -0.2) is 160 Å². The second-order valence-electron chi connectivity index (χ2n) is 15.8. The molecule has 6 amide bonds. The molecule has 5 rings (SSSR count). The van der Waals surface area contributed by atoms with E-state index in [0.29, 0.717) is 25.7 Å². The number of aromatic amines is 1. The fourth-order valence-corrected chi connectivity index (χ4v) is 6.87. The van der Waals surface area contributed by atoms with Gasteiger partial charge in [-0.1, -0.05) is 36.8 Å². The number of aliphatic imine (C=N–C) groups is 1. The lowest BCUT2D eigenvalue weighted by Crippen LogP contribution is -2.48. The van der Waals surface area contributed by atoms with Crippen LogP contribution in [0.5, 0.6) is 0 Å². The first-order chi connectivity index (χ1) is 34.1. The summed E-state index contributed by atoms with van der Waals surface area (Å²) in [5.74, 6) is -4.18. The number of fused-ring (bicyclic) bond motifs is 2. The number of carbonyl (C=O) groups excluding carboxylic acids is 6. The first-order valence-electron chi connectivity index (χ1n) is 22.3. The molecule has 14 N–H and O–H groups in total. The number of carboxylic acids is 1. The number of benzene rings is 1. The monoisotopic (exact) mass is 987 g/mol. The predicted octanol–water partition coefficient (Wildman–Crippen LogP) is -2.88. The molecule has 0 aliphatic rings. The molecule has 4 heterocycles. The predicted molar refractivity (Wildman–Crippen MR) is 254 cm³/mol. The van der Waals surface area contributed by atoms with Crippen LogP contribution < -0.4 is 49.8 Å². The van der Waals surface area contributed by atoms with Gasteiger partial charge in [-0.05, 0) is 31.2 Å². The van der Waals surface area contributed by atoms with Crippen LogP contribution in [0, 0.1) is 0 Å². The van der Waals surface area contributed by atoms with Crippen LogP contribution in [0.15, 0.2) is 59.1 Å². The van der Waals surface area contributed by atoms with Gasteiger partial charge in [0.1, 0.15) is 37.6 Å². The third kappa shape index (κ3) is 17.0. The zero-order valence-corrected chi connectivity index (χ0v) is 38.6. The van der Waals surface area contributed by atoms with Crippen molar-refractivity contribution in [3.63, 3.8) is 0 Å². The van der Waals surface area contributed by atoms with E-state index >= 15 is 0 Å². The first kappa shape index (κ1) is 53.0. The molecule has 0 bridgehead atoms. The molecule has 1 atom stereocenters. The minimum absolute atomic E-state index is 0.00354. The number of rotatable bonds is 28. The highest BCUT2D eigenvalue weighted by atomic mass is 16.5. The fourth-order valence-electron chi connectivity index (χ4n) is 6.87. The molecular formula is C42H57N19O10. The second-order valence-corrected chi connectivity index (χ2v) is 15.8. The van der Waals surface area contributed by atoms with E-state index in [9.17, 15) is 43.5 Å². The molecular weight excluding hydrogens is 931 g/mol. The highest BCUT2D eigenvalue weighted by Crippen LogP contribution is 2.15. The molecule has 0 radical (unpaired) electrons. The number of anilines is 2. The Morgan fingerprint density at radius 3 is 2.06 bits per heavy atom. The average Bonchev–Trinajstić information content (AvgIpc) is 3.94. The molecule has 29 nitrogen and oxygen atoms in total. The van der Waals surface area contributed by atoms with Crippen LogP contribution in [0.3, 0.4) is 0 Å². The van der Waals surface area contributed by atoms with Crippen LogP contribution >= 0.6 is 0 Å². The van der Waals surface area contributed by atoms with E-state index in [1.165, 1.54) is 33.0 Å². The van der Waals surface area contributed by atoms with Crippen LogP contribution in [0.1, 0.15) is 44.1 Å². The summed E-state index contributed by atoms with van der Waals surface area (Å²) in [5.41, 5.74) is 22.9. The number of ether oxygens (including phenoxy) is 1. The molecule has 0 saturated carbocycles. The molecule has 5 aromatic rings. The molecule has 4 aromatic heterocycles. The zero-order chi connectivity index (χ0) is 51.3. The number of hydrogen-bond acceptors (Lipinski definition) is 17. The smallest absolute Gasteiger partial charge is 0.407 e. The number of guanidine groups is 1. The average molecular weight is 988 g/mol. The molecule has 1 aromatic carbocycles. The van der Waals surface area contributed by atoms with Gasteiger partial charge >= 0.3 is 12.1 Å². The number of nitrogen functional groups attached to an aromatic ring is 2. The highest BCUT2D eigenvalue weighted by molar-refractivity contribution is 5.88. The molecule has 0 saturated heterocycles. The van der Waals surface area contributed by atoms with Crippen molar-refractivity contribution < 1.29 is 43.4 Å².